The van der Waals surface area contributed by atoms with Gasteiger partial charge in [0, 0.05) is 5.56 Å². The van der Waals surface area contributed by atoms with Crippen LogP contribution in [0.1, 0.15) is 25.8 Å². The Balaban J connectivity index is 1.80. The highest BCUT2D eigenvalue weighted by Crippen LogP contribution is 2.31. The van der Waals surface area contributed by atoms with Crippen LogP contribution in [0.2, 0.25) is 0 Å². The summed E-state index contributed by atoms with van der Waals surface area (Å²) >= 11 is 0. The fourth-order valence-corrected chi connectivity index (χ4v) is 4.50. The number of hydrogen-bond donors (Lipinski definition) is 1. The molecule has 0 saturated carbocycles. The molecule has 0 saturated heterocycles. The molecule has 0 aliphatic carbocycles. The average molecular weight is 462 g/mol. The number of carbonyl (C=O) groups is 1. The Bertz CT molecular complexity index is 1100. The topological polar surface area (TPSA) is 107 Å². The zero-order chi connectivity index (χ0) is 23.3. The minimum Gasteiger partial charge on any atom is -0.497 e. The van der Waals surface area contributed by atoms with Crippen molar-refractivity contribution in [2.45, 2.75) is 26.3 Å². The molecule has 2 aromatic rings. The van der Waals surface area contributed by atoms with E-state index in [9.17, 15) is 13.2 Å². The number of carbonyl (C=O) groups excluding carboxylic acids is 1. The molecule has 0 spiro atoms. The third kappa shape index (κ3) is 5.31. The number of hydrogen-bond acceptors (Lipinski definition) is 7. The smallest absolute Gasteiger partial charge is 0.263 e. The van der Waals surface area contributed by atoms with Crippen molar-refractivity contribution in [1.82, 2.24) is 5.43 Å². The molecule has 172 valence electrons. The first-order chi connectivity index (χ1) is 15.2. The Kier molecular flexibility index (Phi) is 7.24. The molecule has 32 heavy (non-hydrogen) atoms. The second-order valence-corrected chi connectivity index (χ2v) is 9.04. The summed E-state index contributed by atoms with van der Waals surface area (Å²) in [5.74, 6) is 1.31. The fraction of sp³-hybridized carbons (Fsp3) is 0.364. The molecule has 2 aromatic carbocycles. The average Bonchev–Trinajstić information content (AvgIpc) is 2.78. The molecule has 9 nitrogen and oxygen atoms in total. The fourth-order valence-electron chi connectivity index (χ4n) is 3.32. The summed E-state index contributed by atoms with van der Waals surface area (Å²) in [6.07, 6.45) is 1.60. The van der Waals surface area contributed by atoms with Gasteiger partial charge in [-0.25, -0.2) is 13.8 Å². The van der Waals surface area contributed by atoms with E-state index in [4.69, 9.17) is 14.2 Å². The molecule has 1 aliphatic rings. The molecule has 1 N–H and O–H groups in total. The van der Waals surface area contributed by atoms with Crippen LogP contribution in [0.25, 0.3) is 0 Å². The minimum atomic E-state index is -3.74. The second-order valence-electron chi connectivity index (χ2n) is 7.18. The number of ether oxygens (including phenoxy) is 3. The number of methoxy groups -OCH3 is 1. The Morgan fingerprint density at radius 1 is 1.16 bits per heavy atom. The predicted molar refractivity (Wildman–Crippen MR) is 122 cm³/mol. The Morgan fingerprint density at radius 2 is 1.81 bits per heavy atom. The number of rotatable bonds is 8. The van der Waals surface area contributed by atoms with Crippen LogP contribution in [0.5, 0.6) is 17.2 Å². The molecule has 0 fully saturated rings. The third-order valence-electron chi connectivity index (χ3n) is 4.93. The van der Waals surface area contributed by atoms with Crippen LogP contribution >= 0.6 is 0 Å². The number of benzene rings is 2. The number of anilines is 1. The lowest BCUT2D eigenvalue weighted by Gasteiger charge is -2.27. The first-order valence-corrected chi connectivity index (χ1v) is 12.0. The van der Waals surface area contributed by atoms with Crippen molar-refractivity contribution >= 4 is 27.3 Å². The molecular weight excluding hydrogens is 434 g/mol. The first-order valence-electron chi connectivity index (χ1n) is 10.1. The molecule has 1 atom stereocenters. The molecular formula is C22H27N3O6S. The van der Waals surface area contributed by atoms with Crippen molar-refractivity contribution in [2.24, 2.45) is 5.10 Å². The number of nitrogens with one attached hydrogen (secondary N) is 1. The van der Waals surface area contributed by atoms with Crippen LogP contribution in [0.4, 0.5) is 5.69 Å². The van der Waals surface area contributed by atoms with Gasteiger partial charge in [0.15, 0.2) is 11.5 Å². The van der Waals surface area contributed by atoms with Crippen LogP contribution in [0.15, 0.2) is 47.6 Å². The van der Waals surface area contributed by atoms with Crippen LogP contribution in [0.3, 0.4) is 0 Å². The minimum absolute atomic E-state index is 0.350. The predicted octanol–water partition coefficient (Wildman–Crippen LogP) is 2.55. The number of hydrazone groups is 1. The standard InChI is InChI=1S/C22H27N3O6S/c1-5-19(16-6-11-20-21(14-16)31-13-12-30-20)23-24-22(26)15(2)25(32(4,27)28)17-7-9-18(29-3)10-8-17/h6-11,14-15H,5,12-13H2,1-4H3,(H,24,26)/b23-19-/t15-/m1/s1. The summed E-state index contributed by atoms with van der Waals surface area (Å²) in [6, 6.07) is 10.9. The van der Waals surface area contributed by atoms with Crippen LogP contribution in [-0.2, 0) is 14.8 Å². The van der Waals surface area contributed by atoms with Gasteiger partial charge >= 0.3 is 0 Å². The molecule has 0 aromatic heterocycles. The molecule has 0 bridgehead atoms. The largest absolute Gasteiger partial charge is 0.497 e. The SMILES string of the molecule is CC/C(=N/NC(=O)[C@@H](C)N(c1ccc(OC)cc1)S(C)(=O)=O)c1ccc2c(c1)OCCO2. The number of amides is 1. The summed E-state index contributed by atoms with van der Waals surface area (Å²) in [6.45, 7) is 4.38. The Hall–Kier alpha value is -3.27. The zero-order valence-electron chi connectivity index (χ0n) is 18.5. The number of fused-ring (bicyclic) bond motifs is 1. The molecule has 3 rings (SSSR count). The van der Waals surface area contributed by atoms with Crippen LogP contribution in [-0.4, -0.2) is 52.7 Å². The summed E-state index contributed by atoms with van der Waals surface area (Å²) in [5, 5.41) is 4.25. The van der Waals surface area contributed by atoms with Gasteiger partial charge in [0.2, 0.25) is 10.0 Å². The number of sulfonamides is 1. The lowest BCUT2D eigenvalue weighted by molar-refractivity contribution is -0.121. The monoisotopic (exact) mass is 461 g/mol. The van der Waals surface area contributed by atoms with Crippen molar-refractivity contribution < 1.29 is 27.4 Å². The molecule has 10 heteroatoms. The Labute approximate surface area is 188 Å². The maximum absolute atomic E-state index is 12.8. The van der Waals surface area contributed by atoms with Crippen molar-refractivity contribution in [3.05, 3.63) is 48.0 Å². The van der Waals surface area contributed by atoms with Crippen molar-refractivity contribution in [3.8, 4) is 17.2 Å². The molecule has 1 aliphatic heterocycles. The van der Waals surface area contributed by atoms with Gasteiger partial charge < -0.3 is 14.2 Å². The zero-order valence-corrected chi connectivity index (χ0v) is 19.3. The number of nitrogens with zero attached hydrogens (tertiary/aromatic N) is 2. The quantitative estimate of drug-likeness (QED) is 0.478. The van der Waals surface area contributed by atoms with Crippen LogP contribution < -0.4 is 23.9 Å². The highest BCUT2D eigenvalue weighted by atomic mass is 32.2. The van der Waals surface area contributed by atoms with E-state index in [0.717, 1.165) is 16.1 Å². The normalized spacial score (nSPS) is 14.4. The molecule has 1 heterocycles. The van der Waals surface area contributed by atoms with E-state index in [1.54, 1.807) is 30.3 Å². The van der Waals surface area contributed by atoms with Gasteiger partial charge in [-0.15, -0.1) is 0 Å². The van der Waals surface area contributed by atoms with Crippen molar-refractivity contribution in [3.63, 3.8) is 0 Å². The Morgan fingerprint density at radius 3 is 2.41 bits per heavy atom. The van der Waals surface area contributed by atoms with Gasteiger partial charge in [-0.2, -0.15) is 5.10 Å². The molecule has 1 amide bonds. The molecule has 0 radical (unpaired) electrons. The van der Waals surface area contributed by atoms with Gasteiger partial charge in [0.1, 0.15) is 25.0 Å². The van der Waals surface area contributed by atoms with E-state index in [-0.39, 0.29) is 0 Å². The highest BCUT2D eigenvalue weighted by Gasteiger charge is 2.29. The van der Waals surface area contributed by atoms with Gasteiger partial charge in [-0.1, -0.05) is 6.92 Å². The van der Waals surface area contributed by atoms with Crippen molar-refractivity contribution in [1.29, 1.82) is 0 Å². The maximum atomic E-state index is 12.8. The van der Waals surface area contributed by atoms with E-state index in [2.05, 4.69) is 10.5 Å². The van der Waals surface area contributed by atoms with E-state index in [1.165, 1.54) is 14.0 Å². The first kappa shape index (κ1) is 23.4. The van der Waals surface area contributed by atoms with E-state index in [1.807, 2.05) is 19.1 Å². The second kappa shape index (κ2) is 9.90. The van der Waals surface area contributed by atoms with E-state index < -0.39 is 22.0 Å². The van der Waals surface area contributed by atoms with E-state index in [0.29, 0.717) is 48.3 Å². The lowest BCUT2D eigenvalue weighted by atomic mass is 10.1. The van der Waals surface area contributed by atoms with Crippen LogP contribution in [0, 0.1) is 0 Å². The maximum Gasteiger partial charge on any atom is 0.263 e. The summed E-state index contributed by atoms with van der Waals surface area (Å²) in [7, 11) is -2.22. The molecule has 0 unspecified atom stereocenters. The van der Waals surface area contributed by atoms with Gasteiger partial charge in [-0.3, -0.25) is 9.10 Å². The van der Waals surface area contributed by atoms with Gasteiger partial charge in [0.25, 0.3) is 5.91 Å². The lowest BCUT2D eigenvalue weighted by Crippen LogP contribution is -2.47. The summed E-state index contributed by atoms with van der Waals surface area (Å²) in [4.78, 5) is 12.8. The third-order valence-corrected chi connectivity index (χ3v) is 6.17. The summed E-state index contributed by atoms with van der Waals surface area (Å²) in [5.41, 5.74) is 4.25. The van der Waals surface area contributed by atoms with Gasteiger partial charge in [0.05, 0.1) is 24.8 Å². The highest BCUT2D eigenvalue weighted by molar-refractivity contribution is 7.92. The van der Waals surface area contributed by atoms with Gasteiger partial charge in [-0.05, 0) is 55.8 Å². The summed E-state index contributed by atoms with van der Waals surface area (Å²) < 4.78 is 42.2. The van der Waals surface area contributed by atoms with Crippen molar-refractivity contribution in [2.75, 3.05) is 30.9 Å². The van der Waals surface area contributed by atoms with E-state index >= 15 is 0 Å².